The highest BCUT2D eigenvalue weighted by atomic mass is 35.5. The summed E-state index contributed by atoms with van der Waals surface area (Å²) in [4.78, 5) is 12.8. The monoisotopic (exact) mass is 494 g/mol. The minimum absolute atomic E-state index is 0.000436. The second kappa shape index (κ2) is 9.72. The third kappa shape index (κ3) is 5.30. The van der Waals surface area contributed by atoms with Crippen molar-refractivity contribution in [3.8, 4) is 0 Å². The first-order valence-corrected chi connectivity index (χ1v) is 13.4. The summed E-state index contributed by atoms with van der Waals surface area (Å²) >= 11 is 11.9. The topological polar surface area (TPSA) is 66.5 Å². The molecule has 1 aliphatic heterocycles. The molecule has 0 bridgehead atoms. The zero-order valence-electron chi connectivity index (χ0n) is 18.1. The van der Waals surface area contributed by atoms with Crippen molar-refractivity contribution in [3.05, 3.63) is 68.7 Å². The van der Waals surface area contributed by atoms with Crippen molar-refractivity contribution in [2.24, 2.45) is 5.92 Å². The molecule has 1 fully saturated rings. The fourth-order valence-corrected chi connectivity index (χ4v) is 6.47. The number of piperidine rings is 1. The number of halogens is 2. The molecule has 1 saturated heterocycles. The summed E-state index contributed by atoms with van der Waals surface area (Å²) in [6.07, 6.45) is 4.49. The minimum Gasteiger partial charge on any atom is -0.349 e. The lowest BCUT2D eigenvalue weighted by atomic mass is 9.96. The van der Waals surface area contributed by atoms with Gasteiger partial charge in [0, 0.05) is 19.0 Å². The third-order valence-electron chi connectivity index (χ3n) is 6.53. The van der Waals surface area contributed by atoms with Gasteiger partial charge in [0.2, 0.25) is 15.9 Å². The number of benzene rings is 2. The van der Waals surface area contributed by atoms with Crippen LogP contribution in [0.2, 0.25) is 10.0 Å². The number of carbonyl (C=O) groups excluding carboxylic acids is 1. The van der Waals surface area contributed by atoms with Crippen LogP contribution in [0.5, 0.6) is 0 Å². The lowest BCUT2D eigenvalue weighted by Gasteiger charge is -2.31. The van der Waals surface area contributed by atoms with Crippen LogP contribution in [-0.2, 0) is 33.4 Å². The van der Waals surface area contributed by atoms with Crippen molar-refractivity contribution in [1.82, 2.24) is 9.62 Å². The summed E-state index contributed by atoms with van der Waals surface area (Å²) in [6, 6.07) is 11.3. The van der Waals surface area contributed by atoms with E-state index in [0.29, 0.717) is 41.5 Å². The molecule has 1 amide bonds. The number of amides is 1. The van der Waals surface area contributed by atoms with Crippen molar-refractivity contribution in [2.45, 2.75) is 50.8 Å². The van der Waals surface area contributed by atoms with Crippen LogP contribution in [0.25, 0.3) is 0 Å². The van der Waals surface area contributed by atoms with E-state index in [4.69, 9.17) is 23.2 Å². The third-order valence-corrected chi connectivity index (χ3v) is 9.12. The standard InChI is InChI=1S/C24H28Cl2N2O3S/c1-16(20-7-6-18-3-2-4-21(18)14-20)27-24(29)19-9-11-28(12-10-19)32(30,31)15-17-5-8-22(25)23(26)13-17/h5-8,13-14,16,19H,2-4,9-12,15H2,1H3,(H,27,29). The van der Waals surface area contributed by atoms with Gasteiger partial charge < -0.3 is 5.32 Å². The molecule has 0 radical (unpaired) electrons. The van der Waals surface area contributed by atoms with Crippen molar-refractivity contribution in [1.29, 1.82) is 0 Å². The van der Waals surface area contributed by atoms with Crippen molar-refractivity contribution < 1.29 is 13.2 Å². The van der Waals surface area contributed by atoms with E-state index in [0.717, 1.165) is 18.4 Å². The molecule has 8 heteroatoms. The molecule has 0 spiro atoms. The Bertz CT molecular complexity index is 1110. The minimum atomic E-state index is -3.49. The number of nitrogens with one attached hydrogen (secondary N) is 1. The van der Waals surface area contributed by atoms with Gasteiger partial charge in [-0.05, 0) is 73.4 Å². The number of nitrogens with zero attached hydrogens (tertiary/aromatic N) is 1. The van der Waals surface area contributed by atoms with E-state index in [2.05, 4.69) is 23.5 Å². The summed E-state index contributed by atoms with van der Waals surface area (Å²) in [7, 11) is -3.49. The zero-order valence-corrected chi connectivity index (χ0v) is 20.4. The Labute approximate surface area is 200 Å². The summed E-state index contributed by atoms with van der Waals surface area (Å²) in [6.45, 7) is 2.69. The molecule has 2 aromatic carbocycles. The summed E-state index contributed by atoms with van der Waals surface area (Å²) < 4.78 is 27.1. The molecule has 172 valence electrons. The Kier molecular flexibility index (Phi) is 7.15. The van der Waals surface area contributed by atoms with Gasteiger partial charge in [-0.15, -0.1) is 0 Å². The van der Waals surface area contributed by atoms with Crippen LogP contribution >= 0.6 is 23.2 Å². The molecule has 1 aliphatic carbocycles. The quantitative estimate of drug-likeness (QED) is 0.620. The molecule has 5 nitrogen and oxygen atoms in total. The fourth-order valence-electron chi connectivity index (χ4n) is 4.60. The highest BCUT2D eigenvalue weighted by Crippen LogP contribution is 2.28. The molecule has 0 saturated carbocycles. The molecule has 1 heterocycles. The summed E-state index contributed by atoms with van der Waals surface area (Å²) in [5, 5.41) is 3.86. The number of carbonyl (C=O) groups is 1. The molecular weight excluding hydrogens is 467 g/mol. The molecule has 2 aliphatic rings. The number of hydrogen-bond acceptors (Lipinski definition) is 3. The van der Waals surface area contributed by atoms with Gasteiger partial charge in [0.15, 0.2) is 0 Å². The number of hydrogen-bond donors (Lipinski definition) is 1. The van der Waals surface area contributed by atoms with Crippen LogP contribution in [0.4, 0.5) is 0 Å². The molecule has 32 heavy (non-hydrogen) atoms. The van der Waals surface area contributed by atoms with E-state index in [-0.39, 0.29) is 23.6 Å². The van der Waals surface area contributed by atoms with E-state index in [1.807, 2.05) is 6.92 Å². The number of aryl methyl sites for hydroxylation is 2. The van der Waals surface area contributed by atoms with Gasteiger partial charge >= 0.3 is 0 Å². The highest BCUT2D eigenvalue weighted by Gasteiger charge is 2.31. The Morgan fingerprint density at radius 3 is 2.50 bits per heavy atom. The average molecular weight is 495 g/mol. The van der Waals surface area contributed by atoms with Crippen LogP contribution in [0.15, 0.2) is 36.4 Å². The van der Waals surface area contributed by atoms with Crippen LogP contribution in [0.1, 0.15) is 54.5 Å². The van der Waals surface area contributed by atoms with Gasteiger partial charge in [0.25, 0.3) is 0 Å². The molecule has 0 aromatic heterocycles. The van der Waals surface area contributed by atoms with Crippen molar-refractivity contribution >= 4 is 39.1 Å². The van der Waals surface area contributed by atoms with Gasteiger partial charge in [-0.1, -0.05) is 47.5 Å². The molecule has 1 atom stereocenters. The summed E-state index contributed by atoms with van der Waals surface area (Å²) in [5.41, 5.74) is 4.54. The Morgan fingerprint density at radius 1 is 1.06 bits per heavy atom. The molecule has 2 aromatic rings. The number of rotatable bonds is 6. The highest BCUT2D eigenvalue weighted by molar-refractivity contribution is 7.88. The summed E-state index contributed by atoms with van der Waals surface area (Å²) in [5.74, 6) is -0.307. The average Bonchev–Trinajstić information content (AvgIpc) is 3.24. The van der Waals surface area contributed by atoms with Crippen molar-refractivity contribution in [2.75, 3.05) is 13.1 Å². The molecule has 1 unspecified atom stereocenters. The van der Waals surface area contributed by atoms with Gasteiger partial charge in [-0.3, -0.25) is 4.79 Å². The molecule has 1 N–H and O–H groups in total. The lowest BCUT2D eigenvalue weighted by molar-refractivity contribution is -0.126. The van der Waals surface area contributed by atoms with Crippen LogP contribution in [0.3, 0.4) is 0 Å². The first kappa shape index (κ1) is 23.6. The predicted octanol–water partition coefficient (Wildman–Crippen LogP) is 4.90. The van der Waals surface area contributed by atoms with E-state index >= 15 is 0 Å². The second-order valence-electron chi connectivity index (χ2n) is 8.79. The zero-order chi connectivity index (χ0) is 22.9. The van der Waals surface area contributed by atoms with Crippen LogP contribution < -0.4 is 5.32 Å². The Morgan fingerprint density at radius 2 is 1.78 bits per heavy atom. The Balaban J connectivity index is 1.31. The van der Waals surface area contributed by atoms with Crippen LogP contribution in [0, 0.1) is 5.92 Å². The first-order chi connectivity index (χ1) is 15.2. The van der Waals surface area contributed by atoms with E-state index in [9.17, 15) is 13.2 Å². The first-order valence-electron chi connectivity index (χ1n) is 11.1. The largest absolute Gasteiger partial charge is 0.349 e. The maximum Gasteiger partial charge on any atom is 0.223 e. The fraction of sp³-hybridized carbons (Fsp3) is 0.458. The van der Waals surface area contributed by atoms with E-state index in [1.54, 1.807) is 18.2 Å². The van der Waals surface area contributed by atoms with Crippen molar-refractivity contribution in [3.63, 3.8) is 0 Å². The van der Waals surface area contributed by atoms with E-state index < -0.39 is 10.0 Å². The maximum atomic E-state index is 12.8. The van der Waals surface area contributed by atoms with Gasteiger partial charge in [0.05, 0.1) is 21.8 Å². The lowest BCUT2D eigenvalue weighted by Crippen LogP contribution is -2.43. The molecule has 4 rings (SSSR count). The smallest absolute Gasteiger partial charge is 0.223 e. The maximum absolute atomic E-state index is 12.8. The molecular formula is C24H28Cl2N2O3S. The number of sulfonamides is 1. The SMILES string of the molecule is CC(NC(=O)C1CCN(S(=O)(=O)Cc2ccc(Cl)c(Cl)c2)CC1)c1ccc2c(c1)CCC2. The second-order valence-corrected chi connectivity index (χ2v) is 11.6. The predicted molar refractivity (Wildman–Crippen MR) is 128 cm³/mol. The van der Waals surface area contributed by atoms with Gasteiger partial charge in [0.1, 0.15) is 0 Å². The van der Waals surface area contributed by atoms with E-state index in [1.165, 1.54) is 21.9 Å². The number of fused-ring (bicyclic) bond motifs is 1. The van der Waals surface area contributed by atoms with Gasteiger partial charge in [-0.25, -0.2) is 12.7 Å². The van der Waals surface area contributed by atoms with Crippen LogP contribution in [-0.4, -0.2) is 31.7 Å². The Hall–Kier alpha value is -1.60. The van der Waals surface area contributed by atoms with Gasteiger partial charge in [-0.2, -0.15) is 0 Å². The normalized spacial score (nSPS) is 18.3.